The SMILES string of the molecule is COc1ccc(SCCC(=O)Nc2nnc(-c3cc(Cl)cc(Cl)c3)o2)cc1. The van der Waals surface area contributed by atoms with Crippen LogP contribution in [0.4, 0.5) is 6.01 Å². The Morgan fingerprint density at radius 2 is 1.85 bits per heavy atom. The normalized spacial score (nSPS) is 10.6. The average molecular weight is 424 g/mol. The van der Waals surface area contributed by atoms with Gasteiger partial charge in [-0.05, 0) is 42.5 Å². The first-order valence-corrected chi connectivity index (χ1v) is 9.64. The molecule has 2 aromatic carbocycles. The lowest BCUT2D eigenvalue weighted by atomic mass is 10.2. The van der Waals surface area contributed by atoms with Crippen molar-refractivity contribution in [3.8, 4) is 17.2 Å². The Balaban J connectivity index is 1.51. The van der Waals surface area contributed by atoms with E-state index in [-0.39, 0.29) is 17.8 Å². The van der Waals surface area contributed by atoms with Gasteiger partial charge in [0.1, 0.15) is 5.75 Å². The highest BCUT2D eigenvalue weighted by molar-refractivity contribution is 7.99. The van der Waals surface area contributed by atoms with Gasteiger partial charge in [0, 0.05) is 32.7 Å². The second kappa shape index (κ2) is 9.12. The van der Waals surface area contributed by atoms with Crippen molar-refractivity contribution < 1.29 is 13.9 Å². The number of hydrogen-bond acceptors (Lipinski definition) is 6. The van der Waals surface area contributed by atoms with Gasteiger partial charge in [-0.15, -0.1) is 16.9 Å². The fraction of sp³-hybridized carbons (Fsp3) is 0.167. The third kappa shape index (κ3) is 5.63. The zero-order chi connectivity index (χ0) is 19.2. The Hall–Kier alpha value is -2.22. The van der Waals surface area contributed by atoms with E-state index in [0.29, 0.717) is 27.8 Å². The van der Waals surface area contributed by atoms with Crippen LogP contribution < -0.4 is 10.1 Å². The smallest absolute Gasteiger partial charge is 0.322 e. The van der Waals surface area contributed by atoms with Crippen LogP contribution >= 0.6 is 35.0 Å². The maximum Gasteiger partial charge on any atom is 0.322 e. The number of amides is 1. The number of nitrogens with zero attached hydrogens (tertiary/aromatic N) is 2. The number of rotatable bonds is 7. The molecule has 0 saturated heterocycles. The second-order valence-corrected chi connectivity index (χ2v) is 7.43. The number of anilines is 1. The Kier molecular flexibility index (Phi) is 6.60. The predicted octanol–water partition coefficient (Wildman–Crippen LogP) is 5.17. The minimum Gasteiger partial charge on any atom is -0.497 e. The van der Waals surface area contributed by atoms with E-state index in [2.05, 4.69) is 15.5 Å². The average Bonchev–Trinajstić information content (AvgIpc) is 3.10. The van der Waals surface area contributed by atoms with Gasteiger partial charge in [0.2, 0.25) is 11.8 Å². The number of carbonyl (C=O) groups is 1. The molecule has 27 heavy (non-hydrogen) atoms. The van der Waals surface area contributed by atoms with Crippen LogP contribution in [0.5, 0.6) is 5.75 Å². The van der Waals surface area contributed by atoms with E-state index in [1.807, 2.05) is 24.3 Å². The molecule has 0 saturated carbocycles. The molecule has 0 unspecified atom stereocenters. The number of aromatic nitrogens is 2. The van der Waals surface area contributed by atoms with Crippen molar-refractivity contribution >= 4 is 46.9 Å². The lowest BCUT2D eigenvalue weighted by Crippen LogP contribution is -2.12. The van der Waals surface area contributed by atoms with E-state index >= 15 is 0 Å². The highest BCUT2D eigenvalue weighted by atomic mass is 35.5. The number of methoxy groups -OCH3 is 1. The van der Waals surface area contributed by atoms with Crippen molar-refractivity contribution in [1.82, 2.24) is 10.2 Å². The van der Waals surface area contributed by atoms with Crippen molar-refractivity contribution in [1.29, 1.82) is 0 Å². The van der Waals surface area contributed by atoms with Gasteiger partial charge < -0.3 is 9.15 Å². The summed E-state index contributed by atoms with van der Waals surface area (Å²) in [4.78, 5) is 13.1. The van der Waals surface area contributed by atoms with Gasteiger partial charge in [-0.2, -0.15) is 0 Å². The third-order valence-electron chi connectivity index (χ3n) is 3.44. The van der Waals surface area contributed by atoms with Gasteiger partial charge in [0.15, 0.2) is 0 Å². The predicted molar refractivity (Wildman–Crippen MR) is 107 cm³/mol. The number of thioether (sulfide) groups is 1. The lowest BCUT2D eigenvalue weighted by Gasteiger charge is -2.03. The van der Waals surface area contributed by atoms with Gasteiger partial charge in [0.25, 0.3) is 0 Å². The van der Waals surface area contributed by atoms with E-state index in [4.69, 9.17) is 32.4 Å². The maximum atomic E-state index is 12.0. The molecule has 3 rings (SSSR count). The Bertz CT molecular complexity index is 912. The fourth-order valence-corrected chi connectivity index (χ4v) is 3.56. The van der Waals surface area contributed by atoms with Crippen LogP contribution in [0.1, 0.15) is 6.42 Å². The molecule has 1 aromatic heterocycles. The standard InChI is InChI=1S/C18H15Cl2N3O3S/c1-25-14-2-4-15(5-3-14)27-7-6-16(24)21-18-23-22-17(26-18)11-8-12(19)10-13(20)9-11/h2-5,8-10H,6-7H2,1H3,(H,21,23,24). The van der Waals surface area contributed by atoms with E-state index in [1.165, 1.54) is 0 Å². The second-order valence-electron chi connectivity index (χ2n) is 5.39. The molecule has 0 bridgehead atoms. The van der Waals surface area contributed by atoms with Crippen molar-refractivity contribution in [3.63, 3.8) is 0 Å². The fourth-order valence-electron chi connectivity index (χ4n) is 2.18. The van der Waals surface area contributed by atoms with Crippen LogP contribution in [0.25, 0.3) is 11.5 Å². The van der Waals surface area contributed by atoms with Crippen LogP contribution in [0.15, 0.2) is 51.8 Å². The summed E-state index contributed by atoms with van der Waals surface area (Å²) in [5.41, 5.74) is 0.579. The summed E-state index contributed by atoms with van der Waals surface area (Å²) in [5, 5.41) is 11.2. The topological polar surface area (TPSA) is 77.2 Å². The van der Waals surface area contributed by atoms with E-state index in [0.717, 1.165) is 10.6 Å². The number of halogens is 2. The molecule has 1 N–H and O–H groups in total. The summed E-state index contributed by atoms with van der Waals surface area (Å²) < 4.78 is 10.6. The third-order valence-corrected chi connectivity index (χ3v) is 4.89. The molecule has 1 heterocycles. The zero-order valence-corrected chi connectivity index (χ0v) is 16.6. The van der Waals surface area contributed by atoms with Crippen molar-refractivity contribution in [3.05, 3.63) is 52.5 Å². The monoisotopic (exact) mass is 423 g/mol. The number of nitrogens with one attached hydrogen (secondary N) is 1. The number of hydrogen-bond donors (Lipinski definition) is 1. The Morgan fingerprint density at radius 1 is 1.15 bits per heavy atom. The molecule has 0 aliphatic heterocycles. The molecule has 0 spiro atoms. The van der Waals surface area contributed by atoms with E-state index in [1.54, 1.807) is 37.1 Å². The first-order chi connectivity index (χ1) is 13.0. The summed E-state index contributed by atoms with van der Waals surface area (Å²) >= 11 is 13.5. The minimum absolute atomic E-state index is 0.0283. The summed E-state index contributed by atoms with van der Waals surface area (Å²) in [6.45, 7) is 0. The molecule has 140 valence electrons. The summed E-state index contributed by atoms with van der Waals surface area (Å²) in [7, 11) is 1.62. The van der Waals surface area contributed by atoms with Crippen molar-refractivity contribution in [2.45, 2.75) is 11.3 Å². The molecule has 0 aliphatic carbocycles. The minimum atomic E-state index is -0.213. The molecular formula is C18H15Cl2N3O3S. The van der Waals surface area contributed by atoms with Crippen LogP contribution in [-0.4, -0.2) is 29.0 Å². The highest BCUT2D eigenvalue weighted by Gasteiger charge is 2.12. The van der Waals surface area contributed by atoms with Crippen LogP contribution in [0.2, 0.25) is 10.0 Å². The zero-order valence-electron chi connectivity index (χ0n) is 14.2. The van der Waals surface area contributed by atoms with Crippen LogP contribution in [0, 0.1) is 0 Å². The van der Waals surface area contributed by atoms with Crippen LogP contribution in [0.3, 0.4) is 0 Å². The number of benzene rings is 2. The molecule has 1 amide bonds. The van der Waals surface area contributed by atoms with Crippen molar-refractivity contribution in [2.75, 3.05) is 18.2 Å². The number of ether oxygens (including phenoxy) is 1. The largest absolute Gasteiger partial charge is 0.497 e. The Morgan fingerprint density at radius 3 is 2.52 bits per heavy atom. The molecule has 3 aromatic rings. The first-order valence-electron chi connectivity index (χ1n) is 7.90. The summed E-state index contributed by atoms with van der Waals surface area (Å²) in [6.07, 6.45) is 0.303. The van der Waals surface area contributed by atoms with Gasteiger partial charge >= 0.3 is 6.01 Å². The Labute approximate surface area is 170 Å². The summed E-state index contributed by atoms with van der Waals surface area (Å²) in [6, 6.07) is 12.6. The summed E-state index contributed by atoms with van der Waals surface area (Å²) in [5.74, 6) is 1.42. The molecule has 9 heteroatoms. The van der Waals surface area contributed by atoms with E-state index < -0.39 is 0 Å². The van der Waals surface area contributed by atoms with E-state index in [9.17, 15) is 4.79 Å². The molecular weight excluding hydrogens is 409 g/mol. The maximum absolute atomic E-state index is 12.0. The van der Waals surface area contributed by atoms with Gasteiger partial charge in [-0.1, -0.05) is 28.3 Å². The molecule has 0 atom stereocenters. The highest BCUT2D eigenvalue weighted by Crippen LogP contribution is 2.27. The molecule has 6 nitrogen and oxygen atoms in total. The quantitative estimate of drug-likeness (QED) is 0.527. The van der Waals surface area contributed by atoms with Gasteiger partial charge in [-0.25, -0.2) is 0 Å². The van der Waals surface area contributed by atoms with Crippen LogP contribution in [-0.2, 0) is 4.79 Å². The molecule has 0 fully saturated rings. The molecule has 0 aliphatic rings. The van der Waals surface area contributed by atoms with Crippen molar-refractivity contribution in [2.24, 2.45) is 0 Å². The lowest BCUT2D eigenvalue weighted by molar-refractivity contribution is -0.115. The number of carbonyl (C=O) groups excluding carboxylic acids is 1. The first kappa shape index (κ1) is 19.5. The van der Waals surface area contributed by atoms with Gasteiger partial charge in [-0.3, -0.25) is 10.1 Å². The molecule has 0 radical (unpaired) electrons. The van der Waals surface area contributed by atoms with Gasteiger partial charge in [0.05, 0.1) is 7.11 Å².